The molecule has 1 rings (SSSR count). The second-order valence-electron chi connectivity index (χ2n) is 3.72. The summed E-state index contributed by atoms with van der Waals surface area (Å²) < 4.78 is 0. The predicted octanol–water partition coefficient (Wildman–Crippen LogP) is 2.29. The van der Waals surface area contributed by atoms with E-state index in [1.165, 1.54) is 0 Å². The summed E-state index contributed by atoms with van der Waals surface area (Å²) in [6.07, 6.45) is 4.05. The van der Waals surface area contributed by atoms with Gasteiger partial charge in [0, 0.05) is 0 Å². The van der Waals surface area contributed by atoms with Gasteiger partial charge in [-0.1, -0.05) is 19.8 Å². The van der Waals surface area contributed by atoms with Crippen molar-refractivity contribution in [2.24, 2.45) is 11.3 Å². The van der Waals surface area contributed by atoms with Crippen molar-refractivity contribution in [3.05, 3.63) is 0 Å². The summed E-state index contributed by atoms with van der Waals surface area (Å²) in [6, 6.07) is 0. The SMILES string of the molecule is CC[C@H]1CCC[C@@]1(C)C(=O)O. The van der Waals surface area contributed by atoms with Gasteiger partial charge >= 0.3 is 5.97 Å². The monoisotopic (exact) mass is 156 g/mol. The molecule has 2 nitrogen and oxygen atoms in total. The smallest absolute Gasteiger partial charge is 0.309 e. The molecule has 0 spiro atoms. The van der Waals surface area contributed by atoms with Crippen LogP contribution in [-0.2, 0) is 4.79 Å². The van der Waals surface area contributed by atoms with Crippen molar-refractivity contribution in [2.75, 3.05) is 0 Å². The average molecular weight is 156 g/mol. The molecule has 1 N–H and O–H groups in total. The zero-order valence-electron chi connectivity index (χ0n) is 7.26. The van der Waals surface area contributed by atoms with Crippen LogP contribution in [0.25, 0.3) is 0 Å². The topological polar surface area (TPSA) is 37.3 Å². The predicted molar refractivity (Wildman–Crippen MR) is 43.4 cm³/mol. The van der Waals surface area contributed by atoms with Gasteiger partial charge in [0.05, 0.1) is 5.41 Å². The summed E-state index contributed by atoms with van der Waals surface area (Å²) in [5, 5.41) is 8.97. The van der Waals surface area contributed by atoms with Crippen molar-refractivity contribution in [2.45, 2.75) is 39.5 Å². The molecule has 0 aromatic carbocycles. The molecular weight excluding hydrogens is 140 g/mol. The molecule has 0 heterocycles. The molecule has 1 aliphatic rings. The molecule has 2 atom stereocenters. The first kappa shape index (κ1) is 8.57. The maximum Gasteiger partial charge on any atom is 0.309 e. The first-order valence-electron chi connectivity index (χ1n) is 4.34. The average Bonchev–Trinajstić information content (AvgIpc) is 2.32. The Morgan fingerprint density at radius 1 is 1.73 bits per heavy atom. The second kappa shape index (κ2) is 2.84. The lowest BCUT2D eigenvalue weighted by Crippen LogP contribution is -2.30. The van der Waals surface area contributed by atoms with Crippen LogP contribution in [-0.4, -0.2) is 11.1 Å². The lowest BCUT2D eigenvalue weighted by Gasteiger charge is -2.25. The van der Waals surface area contributed by atoms with Gasteiger partial charge in [-0.15, -0.1) is 0 Å². The van der Waals surface area contributed by atoms with Crippen molar-refractivity contribution >= 4 is 5.97 Å². The Hall–Kier alpha value is -0.530. The van der Waals surface area contributed by atoms with E-state index in [2.05, 4.69) is 6.92 Å². The van der Waals surface area contributed by atoms with Gasteiger partial charge in [-0.2, -0.15) is 0 Å². The van der Waals surface area contributed by atoms with Crippen LogP contribution in [0.15, 0.2) is 0 Å². The van der Waals surface area contributed by atoms with Crippen molar-refractivity contribution in [3.8, 4) is 0 Å². The van der Waals surface area contributed by atoms with Crippen molar-refractivity contribution in [1.82, 2.24) is 0 Å². The number of carboxylic acids is 1. The number of carbonyl (C=O) groups is 1. The van der Waals surface area contributed by atoms with Crippen LogP contribution in [0.3, 0.4) is 0 Å². The Bertz CT molecular complexity index is 165. The Balaban J connectivity index is 2.75. The van der Waals surface area contributed by atoms with Gasteiger partial charge in [0.2, 0.25) is 0 Å². The summed E-state index contributed by atoms with van der Waals surface area (Å²) in [7, 11) is 0. The molecule has 0 aromatic rings. The zero-order valence-corrected chi connectivity index (χ0v) is 7.26. The molecule has 1 aliphatic carbocycles. The molecule has 1 fully saturated rings. The summed E-state index contributed by atoms with van der Waals surface area (Å²) in [4.78, 5) is 10.9. The van der Waals surface area contributed by atoms with Crippen LogP contribution in [0.5, 0.6) is 0 Å². The molecule has 11 heavy (non-hydrogen) atoms. The van der Waals surface area contributed by atoms with Gasteiger partial charge in [0.1, 0.15) is 0 Å². The Morgan fingerprint density at radius 2 is 2.36 bits per heavy atom. The van der Waals surface area contributed by atoms with E-state index in [1.54, 1.807) is 0 Å². The van der Waals surface area contributed by atoms with Crippen LogP contribution in [0, 0.1) is 11.3 Å². The number of aliphatic carboxylic acids is 1. The molecule has 0 aliphatic heterocycles. The zero-order chi connectivity index (χ0) is 8.48. The van der Waals surface area contributed by atoms with Gasteiger partial charge in [0.25, 0.3) is 0 Å². The van der Waals surface area contributed by atoms with Gasteiger partial charge in [-0.05, 0) is 25.7 Å². The first-order valence-corrected chi connectivity index (χ1v) is 4.34. The van der Waals surface area contributed by atoms with Crippen molar-refractivity contribution < 1.29 is 9.90 Å². The molecule has 0 bridgehead atoms. The fraction of sp³-hybridized carbons (Fsp3) is 0.889. The Kier molecular flexibility index (Phi) is 2.21. The van der Waals surface area contributed by atoms with E-state index >= 15 is 0 Å². The summed E-state index contributed by atoms with van der Waals surface area (Å²) >= 11 is 0. The van der Waals surface area contributed by atoms with E-state index in [-0.39, 0.29) is 0 Å². The lowest BCUT2D eigenvalue weighted by atomic mass is 9.78. The fourth-order valence-corrected chi connectivity index (χ4v) is 2.17. The number of hydrogen-bond donors (Lipinski definition) is 1. The summed E-state index contributed by atoms with van der Waals surface area (Å²) in [6.45, 7) is 3.97. The quantitative estimate of drug-likeness (QED) is 0.666. The maximum atomic E-state index is 10.9. The summed E-state index contributed by atoms with van der Waals surface area (Å²) in [5.41, 5.74) is -0.422. The molecule has 0 saturated heterocycles. The Morgan fingerprint density at radius 3 is 2.73 bits per heavy atom. The molecule has 0 aromatic heterocycles. The van der Waals surface area contributed by atoms with Crippen molar-refractivity contribution in [1.29, 1.82) is 0 Å². The van der Waals surface area contributed by atoms with E-state index in [9.17, 15) is 4.79 Å². The maximum absolute atomic E-state index is 10.9. The largest absolute Gasteiger partial charge is 0.481 e. The van der Waals surface area contributed by atoms with Crippen LogP contribution >= 0.6 is 0 Å². The first-order chi connectivity index (χ1) is 5.11. The molecule has 0 unspecified atom stereocenters. The normalized spacial score (nSPS) is 37.5. The van der Waals surface area contributed by atoms with E-state index in [0.29, 0.717) is 5.92 Å². The summed E-state index contributed by atoms with van der Waals surface area (Å²) in [5.74, 6) is -0.207. The number of carboxylic acid groups (broad SMARTS) is 1. The fourth-order valence-electron chi connectivity index (χ4n) is 2.17. The third kappa shape index (κ3) is 1.26. The van der Waals surface area contributed by atoms with Gasteiger partial charge in [-0.3, -0.25) is 4.79 Å². The molecule has 2 heteroatoms. The minimum Gasteiger partial charge on any atom is -0.481 e. The molecule has 0 radical (unpaired) electrons. The van der Waals surface area contributed by atoms with Gasteiger partial charge < -0.3 is 5.11 Å². The highest BCUT2D eigenvalue weighted by Crippen LogP contribution is 2.44. The number of hydrogen-bond acceptors (Lipinski definition) is 1. The van der Waals surface area contributed by atoms with E-state index < -0.39 is 11.4 Å². The highest BCUT2D eigenvalue weighted by atomic mass is 16.4. The van der Waals surface area contributed by atoms with Crippen LogP contribution < -0.4 is 0 Å². The lowest BCUT2D eigenvalue weighted by molar-refractivity contribution is -0.150. The van der Waals surface area contributed by atoms with Gasteiger partial charge in [-0.25, -0.2) is 0 Å². The molecule has 64 valence electrons. The Labute approximate surface area is 67.6 Å². The molecule has 1 saturated carbocycles. The number of rotatable bonds is 2. The highest BCUT2D eigenvalue weighted by Gasteiger charge is 2.43. The highest BCUT2D eigenvalue weighted by molar-refractivity contribution is 5.74. The third-order valence-corrected chi connectivity index (χ3v) is 3.13. The van der Waals surface area contributed by atoms with E-state index in [1.807, 2.05) is 6.92 Å². The van der Waals surface area contributed by atoms with Crippen LogP contribution in [0.1, 0.15) is 39.5 Å². The standard InChI is InChI=1S/C9H16O2/c1-3-7-5-4-6-9(7,2)8(10)11/h7H,3-6H2,1-2H3,(H,10,11)/t7-,9+/m0/s1. The minimum absolute atomic E-state index is 0.403. The van der Waals surface area contributed by atoms with Crippen molar-refractivity contribution in [3.63, 3.8) is 0 Å². The van der Waals surface area contributed by atoms with Crippen LogP contribution in [0.4, 0.5) is 0 Å². The van der Waals surface area contributed by atoms with E-state index in [0.717, 1.165) is 25.7 Å². The second-order valence-corrected chi connectivity index (χ2v) is 3.72. The minimum atomic E-state index is -0.609. The van der Waals surface area contributed by atoms with Gasteiger partial charge in [0.15, 0.2) is 0 Å². The molecule has 0 amide bonds. The van der Waals surface area contributed by atoms with Crippen LogP contribution in [0.2, 0.25) is 0 Å². The van der Waals surface area contributed by atoms with E-state index in [4.69, 9.17) is 5.11 Å². The molecular formula is C9H16O2. The third-order valence-electron chi connectivity index (χ3n) is 3.13.